The monoisotopic (exact) mass is 411 g/mol. The van der Waals surface area contributed by atoms with E-state index >= 15 is 0 Å². The maximum absolute atomic E-state index is 13.2. The molecular formula is C19H23ClFN3O2S. The summed E-state index contributed by atoms with van der Waals surface area (Å²) in [4.78, 5) is 6.21. The standard InChI is InChI=1S/C19H23ClFN3O2S/c1-4-24(3)13-22-19-10-14(2)18(12-17(19)20)23-27(25,26)9-8-15-6-5-7-16(21)11-15/h5-7,10-13,23H,4,8-9H2,1-3H3/b22-13-. The van der Waals surface area contributed by atoms with Crippen molar-refractivity contribution in [2.45, 2.75) is 20.3 Å². The Morgan fingerprint density at radius 1 is 1.30 bits per heavy atom. The van der Waals surface area contributed by atoms with Crippen LogP contribution in [0.1, 0.15) is 18.1 Å². The van der Waals surface area contributed by atoms with Gasteiger partial charge in [-0.15, -0.1) is 0 Å². The van der Waals surface area contributed by atoms with E-state index in [0.29, 0.717) is 27.5 Å². The van der Waals surface area contributed by atoms with E-state index in [1.807, 2.05) is 18.9 Å². The van der Waals surface area contributed by atoms with Crippen LogP contribution in [0, 0.1) is 12.7 Å². The highest BCUT2D eigenvalue weighted by molar-refractivity contribution is 7.92. The number of hydrogen-bond acceptors (Lipinski definition) is 3. The summed E-state index contributed by atoms with van der Waals surface area (Å²) in [5, 5.41) is 0.351. The average Bonchev–Trinajstić information content (AvgIpc) is 2.61. The first-order chi connectivity index (χ1) is 12.7. The van der Waals surface area contributed by atoms with E-state index in [4.69, 9.17) is 11.6 Å². The summed E-state index contributed by atoms with van der Waals surface area (Å²) in [7, 11) is -1.71. The number of rotatable bonds is 8. The summed E-state index contributed by atoms with van der Waals surface area (Å²) in [6, 6.07) is 9.19. The summed E-state index contributed by atoms with van der Waals surface area (Å²) >= 11 is 6.24. The topological polar surface area (TPSA) is 61.8 Å². The maximum Gasteiger partial charge on any atom is 0.233 e. The Kier molecular flexibility index (Phi) is 7.21. The molecule has 1 N–H and O–H groups in total. The van der Waals surface area contributed by atoms with Crippen LogP contribution in [0.5, 0.6) is 0 Å². The maximum atomic E-state index is 13.2. The van der Waals surface area contributed by atoms with E-state index < -0.39 is 10.0 Å². The predicted octanol–water partition coefficient (Wildman–Crippen LogP) is 4.38. The van der Waals surface area contributed by atoms with Crippen LogP contribution in [0.3, 0.4) is 0 Å². The van der Waals surface area contributed by atoms with E-state index in [1.165, 1.54) is 12.1 Å². The average molecular weight is 412 g/mol. The molecule has 0 aliphatic heterocycles. The zero-order chi connectivity index (χ0) is 20.0. The highest BCUT2D eigenvalue weighted by atomic mass is 35.5. The fourth-order valence-electron chi connectivity index (χ4n) is 2.28. The molecule has 0 aliphatic rings. The molecule has 8 heteroatoms. The van der Waals surface area contributed by atoms with Gasteiger partial charge in [0.1, 0.15) is 5.82 Å². The van der Waals surface area contributed by atoms with E-state index in [2.05, 4.69) is 9.71 Å². The van der Waals surface area contributed by atoms with Gasteiger partial charge in [-0.3, -0.25) is 4.72 Å². The van der Waals surface area contributed by atoms with Gasteiger partial charge in [0.15, 0.2) is 0 Å². The minimum atomic E-state index is -3.61. The van der Waals surface area contributed by atoms with Gasteiger partial charge in [0.05, 0.1) is 28.5 Å². The number of aryl methyl sites for hydroxylation is 2. The molecule has 0 unspecified atom stereocenters. The number of anilines is 1. The Labute approximate surface area is 164 Å². The van der Waals surface area contributed by atoms with Crippen LogP contribution in [-0.4, -0.2) is 39.0 Å². The van der Waals surface area contributed by atoms with Crippen LogP contribution in [0.25, 0.3) is 0 Å². The second-order valence-electron chi connectivity index (χ2n) is 6.24. The third-order valence-corrected chi connectivity index (χ3v) is 5.58. The lowest BCUT2D eigenvalue weighted by atomic mass is 10.2. The molecule has 0 saturated carbocycles. The molecule has 146 valence electrons. The van der Waals surface area contributed by atoms with Gasteiger partial charge in [-0.05, 0) is 55.7 Å². The molecule has 0 amide bonds. The van der Waals surface area contributed by atoms with Crippen molar-refractivity contribution in [2.24, 2.45) is 4.99 Å². The van der Waals surface area contributed by atoms with Gasteiger partial charge in [-0.1, -0.05) is 23.7 Å². The van der Waals surface area contributed by atoms with Crippen molar-refractivity contribution in [3.63, 3.8) is 0 Å². The van der Waals surface area contributed by atoms with Crippen LogP contribution in [0.15, 0.2) is 41.4 Å². The third kappa shape index (κ3) is 6.52. The lowest BCUT2D eigenvalue weighted by Crippen LogP contribution is -2.19. The number of hydrogen-bond donors (Lipinski definition) is 1. The van der Waals surface area contributed by atoms with Gasteiger partial charge >= 0.3 is 0 Å². The number of benzene rings is 2. The van der Waals surface area contributed by atoms with E-state index in [9.17, 15) is 12.8 Å². The number of nitrogens with zero attached hydrogens (tertiary/aromatic N) is 2. The van der Waals surface area contributed by atoms with Gasteiger partial charge in [0.25, 0.3) is 0 Å². The molecule has 0 aliphatic carbocycles. The zero-order valence-electron chi connectivity index (χ0n) is 15.5. The highest BCUT2D eigenvalue weighted by Gasteiger charge is 2.14. The summed E-state index contributed by atoms with van der Waals surface area (Å²) in [6.07, 6.45) is 1.88. The van der Waals surface area contributed by atoms with Crippen molar-refractivity contribution in [3.8, 4) is 0 Å². The van der Waals surface area contributed by atoms with E-state index in [0.717, 1.165) is 6.54 Å². The molecule has 2 aromatic rings. The third-order valence-electron chi connectivity index (χ3n) is 4.00. The molecule has 0 fully saturated rings. The van der Waals surface area contributed by atoms with Crippen molar-refractivity contribution >= 4 is 39.3 Å². The Morgan fingerprint density at radius 3 is 2.70 bits per heavy atom. The van der Waals surface area contributed by atoms with Crippen LogP contribution in [-0.2, 0) is 16.4 Å². The Bertz CT molecular complexity index is 933. The van der Waals surface area contributed by atoms with Gasteiger partial charge < -0.3 is 4.90 Å². The second kappa shape index (κ2) is 9.19. The molecule has 0 spiro atoms. The van der Waals surface area contributed by atoms with Gasteiger partial charge in [-0.2, -0.15) is 0 Å². The van der Waals surface area contributed by atoms with Gasteiger partial charge in [-0.25, -0.2) is 17.8 Å². The van der Waals surface area contributed by atoms with Crippen LogP contribution >= 0.6 is 11.6 Å². The first kappa shape index (κ1) is 21.2. The predicted molar refractivity (Wildman–Crippen MR) is 110 cm³/mol. The minimum Gasteiger partial charge on any atom is -0.366 e. The first-order valence-corrected chi connectivity index (χ1v) is 10.5. The first-order valence-electron chi connectivity index (χ1n) is 8.49. The molecule has 0 saturated heterocycles. The second-order valence-corrected chi connectivity index (χ2v) is 8.49. The molecule has 2 rings (SSSR count). The molecule has 0 bridgehead atoms. The smallest absolute Gasteiger partial charge is 0.233 e. The number of sulfonamides is 1. The van der Waals surface area contributed by atoms with Gasteiger partial charge in [0, 0.05) is 13.6 Å². The number of nitrogens with one attached hydrogen (secondary N) is 1. The Morgan fingerprint density at radius 2 is 2.04 bits per heavy atom. The largest absolute Gasteiger partial charge is 0.366 e. The zero-order valence-corrected chi connectivity index (χ0v) is 17.1. The summed E-state index contributed by atoms with van der Waals surface area (Å²) in [5.41, 5.74) is 2.30. The van der Waals surface area contributed by atoms with Crippen LogP contribution in [0.2, 0.25) is 5.02 Å². The normalized spacial score (nSPS) is 11.7. The van der Waals surface area contributed by atoms with Crippen molar-refractivity contribution in [3.05, 3.63) is 58.4 Å². The lowest BCUT2D eigenvalue weighted by molar-refractivity contribution is 0.552. The van der Waals surface area contributed by atoms with Crippen molar-refractivity contribution in [1.29, 1.82) is 0 Å². The Hall–Kier alpha value is -2.12. The molecule has 0 aromatic heterocycles. The SMILES string of the molecule is CCN(C)/C=N\c1cc(C)c(NS(=O)(=O)CCc2cccc(F)c2)cc1Cl. The molecule has 0 atom stereocenters. The van der Waals surface area contributed by atoms with Crippen molar-refractivity contribution < 1.29 is 12.8 Å². The van der Waals surface area contributed by atoms with E-state index in [1.54, 1.807) is 37.5 Å². The molecule has 0 heterocycles. The molecule has 5 nitrogen and oxygen atoms in total. The van der Waals surface area contributed by atoms with Crippen molar-refractivity contribution in [1.82, 2.24) is 4.90 Å². The van der Waals surface area contributed by atoms with Crippen LogP contribution in [0.4, 0.5) is 15.8 Å². The minimum absolute atomic E-state index is 0.158. The lowest BCUT2D eigenvalue weighted by Gasteiger charge is -2.13. The number of aliphatic imine (C=N–C) groups is 1. The summed E-state index contributed by atoms with van der Waals surface area (Å²) in [5.74, 6) is -0.542. The van der Waals surface area contributed by atoms with Crippen molar-refractivity contribution in [2.75, 3.05) is 24.1 Å². The van der Waals surface area contributed by atoms with Gasteiger partial charge in [0.2, 0.25) is 10.0 Å². The number of halogens is 2. The van der Waals surface area contributed by atoms with E-state index in [-0.39, 0.29) is 18.0 Å². The molecule has 2 aromatic carbocycles. The molecule has 27 heavy (non-hydrogen) atoms. The fourth-order valence-corrected chi connectivity index (χ4v) is 3.65. The summed E-state index contributed by atoms with van der Waals surface area (Å²) < 4.78 is 40.5. The van der Waals surface area contributed by atoms with Crippen LogP contribution < -0.4 is 4.72 Å². The Balaban J connectivity index is 2.11. The highest BCUT2D eigenvalue weighted by Crippen LogP contribution is 2.31. The quantitative estimate of drug-likeness (QED) is 0.517. The fraction of sp³-hybridized carbons (Fsp3) is 0.316. The molecule has 0 radical (unpaired) electrons. The summed E-state index contributed by atoms with van der Waals surface area (Å²) in [6.45, 7) is 4.59. The molecular weight excluding hydrogens is 389 g/mol.